The van der Waals surface area contributed by atoms with E-state index in [1.807, 2.05) is 76.2 Å². The minimum absolute atomic E-state index is 0.150. The molecule has 1 aliphatic rings. The first kappa shape index (κ1) is 30.0. The van der Waals surface area contributed by atoms with Crippen LogP contribution in [0.25, 0.3) is 10.8 Å². The molecule has 0 aromatic heterocycles. The van der Waals surface area contributed by atoms with Gasteiger partial charge in [0.15, 0.2) is 0 Å². The first-order chi connectivity index (χ1) is 20.6. The minimum Gasteiger partial charge on any atom is -0.496 e. The molecule has 1 unspecified atom stereocenters. The number of esters is 1. The highest BCUT2D eigenvalue weighted by Crippen LogP contribution is 2.44. The van der Waals surface area contributed by atoms with Crippen LogP contribution in [0.4, 0.5) is 4.79 Å². The molecule has 0 aliphatic carbocycles. The Morgan fingerprint density at radius 3 is 2.40 bits per heavy atom. The molecule has 0 saturated heterocycles. The molecular weight excluding hydrogens is 542 g/mol. The van der Waals surface area contributed by atoms with Crippen LogP contribution in [0, 0.1) is 0 Å². The van der Waals surface area contributed by atoms with Gasteiger partial charge in [0.25, 0.3) is 0 Å². The maximum Gasteiger partial charge on any atom is 0.410 e. The van der Waals surface area contributed by atoms with Crippen molar-refractivity contribution < 1.29 is 28.5 Å². The van der Waals surface area contributed by atoms with Gasteiger partial charge in [0, 0.05) is 17.0 Å². The van der Waals surface area contributed by atoms with E-state index >= 15 is 0 Å². The van der Waals surface area contributed by atoms with Crippen LogP contribution in [-0.2, 0) is 9.47 Å². The minimum atomic E-state index is -0.669. The lowest BCUT2D eigenvalue weighted by molar-refractivity contribution is 0.00566. The lowest BCUT2D eigenvalue weighted by atomic mass is 9.83. The van der Waals surface area contributed by atoms with Gasteiger partial charge in [-0.2, -0.15) is 0 Å². The van der Waals surface area contributed by atoms with Crippen LogP contribution in [0.15, 0.2) is 84.9 Å². The van der Waals surface area contributed by atoms with Crippen LogP contribution in [0.2, 0.25) is 0 Å². The van der Waals surface area contributed by atoms with Crippen molar-refractivity contribution in [3.63, 3.8) is 0 Å². The Kier molecular flexibility index (Phi) is 8.62. The van der Waals surface area contributed by atoms with Gasteiger partial charge in [-0.25, -0.2) is 9.59 Å². The van der Waals surface area contributed by atoms with Gasteiger partial charge in [-0.05, 0) is 74.7 Å². The lowest BCUT2D eigenvalue weighted by Crippen LogP contribution is -2.45. The van der Waals surface area contributed by atoms with E-state index in [0.717, 1.165) is 33.2 Å². The van der Waals surface area contributed by atoms with Crippen LogP contribution in [0.3, 0.4) is 0 Å². The summed E-state index contributed by atoms with van der Waals surface area (Å²) in [6.45, 7) is 7.94. The SMILES string of the molecule is COC(=O)c1ccc(OC)c(C2C[C@H](CN(C(=O)OC(C)(C)C)[C@H](C)c3cccc4ccccc34)Oc3ccccc32)c1. The fourth-order valence-electron chi connectivity index (χ4n) is 5.86. The summed E-state index contributed by atoms with van der Waals surface area (Å²) in [6.07, 6.45) is -0.215. The number of hydrogen-bond donors (Lipinski definition) is 0. The molecule has 0 saturated carbocycles. The Morgan fingerprint density at radius 1 is 0.930 bits per heavy atom. The highest BCUT2D eigenvalue weighted by atomic mass is 16.6. The molecule has 224 valence electrons. The molecule has 1 aliphatic heterocycles. The monoisotopic (exact) mass is 581 g/mol. The molecule has 5 rings (SSSR count). The fraction of sp³-hybridized carbons (Fsp3) is 0.333. The van der Waals surface area contributed by atoms with Gasteiger partial charge in [0.2, 0.25) is 0 Å². The predicted octanol–water partition coefficient (Wildman–Crippen LogP) is 7.92. The number of carbonyl (C=O) groups excluding carboxylic acids is 2. The molecule has 0 N–H and O–H groups in total. The average molecular weight is 582 g/mol. The van der Waals surface area contributed by atoms with Crippen molar-refractivity contribution >= 4 is 22.8 Å². The van der Waals surface area contributed by atoms with Gasteiger partial charge in [-0.3, -0.25) is 4.90 Å². The van der Waals surface area contributed by atoms with E-state index in [1.165, 1.54) is 7.11 Å². The normalized spacial score (nSPS) is 16.9. The number of nitrogens with zero attached hydrogens (tertiary/aromatic N) is 1. The summed E-state index contributed by atoms with van der Waals surface area (Å²) in [7, 11) is 2.99. The van der Waals surface area contributed by atoms with E-state index < -0.39 is 17.7 Å². The second-order valence-electron chi connectivity index (χ2n) is 11.9. The molecule has 0 radical (unpaired) electrons. The highest BCUT2D eigenvalue weighted by Gasteiger charge is 2.36. The molecule has 1 amide bonds. The second-order valence-corrected chi connectivity index (χ2v) is 11.9. The summed E-state index contributed by atoms with van der Waals surface area (Å²) < 4.78 is 23.2. The quantitative estimate of drug-likeness (QED) is 0.207. The number of hydrogen-bond acceptors (Lipinski definition) is 6. The van der Waals surface area contributed by atoms with Crippen molar-refractivity contribution in [1.82, 2.24) is 4.90 Å². The zero-order valence-electron chi connectivity index (χ0n) is 25.6. The smallest absolute Gasteiger partial charge is 0.410 e. The van der Waals surface area contributed by atoms with Crippen molar-refractivity contribution in [2.45, 2.75) is 57.8 Å². The number of rotatable bonds is 7. The van der Waals surface area contributed by atoms with Gasteiger partial charge in [-0.1, -0.05) is 60.7 Å². The first-order valence-corrected chi connectivity index (χ1v) is 14.6. The van der Waals surface area contributed by atoms with Crippen LogP contribution in [-0.4, -0.2) is 49.4 Å². The van der Waals surface area contributed by atoms with E-state index in [9.17, 15) is 9.59 Å². The number of methoxy groups -OCH3 is 2. The standard InChI is InChI=1S/C36H39NO6/c1-23(27-16-11-13-24-12-7-8-14-28(24)27)37(35(39)43-36(2,3)4)22-26-21-30(29-15-9-10-17-33(29)42-26)31-20-25(34(38)41-6)18-19-32(31)40-5/h7-20,23,26,30H,21-22H2,1-6H3/t23-,26-,30?/m1/s1. The summed E-state index contributed by atoms with van der Waals surface area (Å²) in [5, 5.41) is 2.19. The van der Waals surface area contributed by atoms with E-state index in [-0.39, 0.29) is 18.1 Å². The maximum atomic E-state index is 13.8. The summed E-state index contributed by atoms with van der Waals surface area (Å²) in [4.78, 5) is 28.0. The van der Waals surface area contributed by atoms with Crippen LogP contribution in [0.5, 0.6) is 11.5 Å². The summed E-state index contributed by atoms with van der Waals surface area (Å²) in [5.41, 5.74) is 2.66. The van der Waals surface area contributed by atoms with Crippen LogP contribution in [0.1, 0.15) is 73.1 Å². The Bertz CT molecular complexity index is 1620. The second kappa shape index (κ2) is 12.4. The van der Waals surface area contributed by atoms with Crippen molar-refractivity contribution in [3.05, 3.63) is 107 Å². The molecule has 0 spiro atoms. The zero-order chi connectivity index (χ0) is 30.7. The Hall–Kier alpha value is -4.52. The van der Waals surface area contributed by atoms with E-state index in [0.29, 0.717) is 24.3 Å². The van der Waals surface area contributed by atoms with E-state index in [4.69, 9.17) is 18.9 Å². The Balaban J connectivity index is 1.54. The van der Waals surface area contributed by atoms with E-state index in [1.54, 1.807) is 24.1 Å². The number of benzene rings is 4. The van der Waals surface area contributed by atoms with Crippen LogP contribution >= 0.6 is 0 Å². The lowest BCUT2D eigenvalue weighted by Gasteiger charge is -2.38. The molecule has 0 bridgehead atoms. The third-order valence-electron chi connectivity index (χ3n) is 7.88. The van der Waals surface area contributed by atoms with Crippen molar-refractivity contribution in [3.8, 4) is 11.5 Å². The van der Waals surface area contributed by atoms with Gasteiger partial charge in [0.1, 0.15) is 23.2 Å². The predicted molar refractivity (Wildman–Crippen MR) is 167 cm³/mol. The fourth-order valence-corrected chi connectivity index (χ4v) is 5.86. The Morgan fingerprint density at radius 2 is 1.65 bits per heavy atom. The van der Waals surface area contributed by atoms with E-state index in [2.05, 4.69) is 24.3 Å². The van der Waals surface area contributed by atoms with Gasteiger partial charge < -0.3 is 18.9 Å². The molecule has 7 nitrogen and oxygen atoms in total. The number of fused-ring (bicyclic) bond motifs is 2. The molecule has 3 atom stereocenters. The summed E-state index contributed by atoms with van der Waals surface area (Å²) in [6, 6.07) is 27.3. The highest BCUT2D eigenvalue weighted by molar-refractivity contribution is 5.90. The van der Waals surface area contributed by atoms with Gasteiger partial charge in [0.05, 0.1) is 32.4 Å². The number of carbonyl (C=O) groups is 2. The molecule has 7 heteroatoms. The topological polar surface area (TPSA) is 74.3 Å². The molecule has 4 aromatic carbocycles. The average Bonchev–Trinajstić information content (AvgIpc) is 3.01. The number of para-hydroxylation sites is 1. The van der Waals surface area contributed by atoms with Crippen molar-refractivity contribution in [2.75, 3.05) is 20.8 Å². The van der Waals surface area contributed by atoms with Crippen LogP contribution < -0.4 is 9.47 Å². The largest absolute Gasteiger partial charge is 0.496 e. The molecule has 0 fully saturated rings. The molecule has 4 aromatic rings. The molecular formula is C36H39NO6. The van der Waals surface area contributed by atoms with Crippen molar-refractivity contribution in [2.24, 2.45) is 0 Å². The zero-order valence-corrected chi connectivity index (χ0v) is 25.6. The van der Waals surface area contributed by atoms with Crippen molar-refractivity contribution in [1.29, 1.82) is 0 Å². The maximum absolute atomic E-state index is 13.8. The first-order valence-electron chi connectivity index (χ1n) is 14.6. The van der Waals surface area contributed by atoms with Gasteiger partial charge >= 0.3 is 12.1 Å². The van der Waals surface area contributed by atoms with Gasteiger partial charge in [-0.15, -0.1) is 0 Å². The molecule has 43 heavy (non-hydrogen) atoms. The summed E-state index contributed by atoms with van der Waals surface area (Å²) in [5.74, 6) is 0.834. The number of amides is 1. The summed E-state index contributed by atoms with van der Waals surface area (Å²) >= 11 is 0. The third-order valence-corrected chi connectivity index (χ3v) is 7.88. The Labute approximate surface area is 253 Å². The third kappa shape index (κ3) is 6.46. The molecule has 1 heterocycles. The number of ether oxygens (including phenoxy) is 4.